The van der Waals surface area contributed by atoms with Crippen molar-refractivity contribution in [2.24, 2.45) is 0 Å². The Labute approximate surface area is 227 Å². The first-order valence-corrected chi connectivity index (χ1v) is 14.2. The van der Waals surface area contributed by atoms with Gasteiger partial charge >= 0.3 is 0 Å². The molecule has 1 aromatic carbocycles. The van der Waals surface area contributed by atoms with Gasteiger partial charge in [-0.3, -0.25) is 14.3 Å². The van der Waals surface area contributed by atoms with Gasteiger partial charge in [0.15, 0.2) is 21.5 Å². The summed E-state index contributed by atoms with van der Waals surface area (Å²) in [6.45, 7) is 3.22. The van der Waals surface area contributed by atoms with Crippen LogP contribution in [0, 0.1) is 25.5 Å². The highest BCUT2D eigenvalue weighted by Crippen LogP contribution is 2.55. The zero-order chi connectivity index (χ0) is 27.5. The number of pyridine rings is 3. The standard InChI is InChI=1S/C27H21Cl2F2N3O3S/c1-13-12-32-25(15-6-4-8-20(23(15)30)38(3,36)37)24(31)26(13)34-14(2)10-18(22(29)27(34)35)16-11-17(16)19-7-5-9-21(28)33-19/h4-10,12,16-17H,11H2,1-3H3/t16-,17-/m0/s1. The van der Waals surface area contributed by atoms with E-state index in [1.54, 1.807) is 26.0 Å². The van der Waals surface area contributed by atoms with Crippen LogP contribution in [0.2, 0.25) is 10.2 Å². The zero-order valence-corrected chi connectivity index (χ0v) is 22.8. The molecule has 4 aromatic rings. The largest absolute Gasteiger partial charge is 0.277 e. The van der Waals surface area contributed by atoms with Crippen molar-refractivity contribution in [2.75, 3.05) is 6.26 Å². The van der Waals surface area contributed by atoms with Gasteiger partial charge in [0.2, 0.25) is 0 Å². The van der Waals surface area contributed by atoms with E-state index in [9.17, 15) is 13.2 Å². The predicted molar refractivity (Wildman–Crippen MR) is 142 cm³/mol. The highest BCUT2D eigenvalue weighted by molar-refractivity contribution is 7.90. The number of benzene rings is 1. The number of hydrogen-bond acceptors (Lipinski definition) is 5. The molecule has 6 nitrogen and oxygen atoms in total. The van der Waals surface area contributed by atoms with E-state index in [-0.39, 0.29) is 28.1 Å². The van der Waals surface area contributed by atoms with Gasteiger partial charge in [0, 0.05) is 35.3 Å². The summed E-state index contributed by atoms with van der Waals surface area (Å²) in [6, 6.07) is 10.7. The average molecular weight is 576 g/mol. The van der Waals surface area contributed by atoms with Crippen molar-refractivity contribution < 1.29 is 17.2 Å². The Morgan fingerprint density at radius 3 is 2.42 bits per heavy atom. The molecular weight excluding hydrogens is 555 g/mol. The lowest BCUT2D eigenvalue weighted by Crippen LogP contribution is -2.24. The van der Waals surface area contributed by atoms with Crippen molar-refractivity contribution in [2.45, 2.75) is 37.0 Å². The van der Waals surface area contributed by atoms with E-state index < -0.39 is 37.6 Å². The molecule has 0 unspecified atom stereocenters. The molecule has 1 saturated carbocycles. The quantitative estimate of drug-likeness (QED) is 0.266. The fourth-order valence-corrected chi connectivity index (χ4v) is 6.00. The van der Waals surface area contributed by atoms with Gasteiger partial charge in [-0.2, -0.15) is 0 Å². The number of hydrogen-bond donors (Lipinski definition) is 0. The maximum absolute atomic E-state index is 16.0. The van der Waals surface area contributed by atoms with Crippen LogP contribution in [0.5, 0.6) is 0 Å². The molecule has 38 heavy (non-hydrogen) atoms. The molecule has 1 fully saturated rings. The van der Waals surface area contributed by atoms with Crippen LogP contribution in [0.4, 0.5) is 8.78 Å². The third-order valence-corrected chi connectivity index (χ3v) is 8.39. The van der Waals surface area contributed by atoms with Crippen molar-refractivity contribution >= 4 is 33.0 Å². The van der Waals surface area contributed by atoms with Crippen molar-refractivity contribution in [1.82, 2.24) is 14.5 Å². The zero-order valence-electron chi connectivity index (χ0n) is 20.5. The minimum Gasteiger partial charge on any atom is -0.277 e. The van der Waals surface area contributed by atoms with E-state index in [4.69, 9.17) is 23.2 Å². The number of nitrogens with zero attached hydrogens (tertiary/aromatic N) is 3. The van der Waals surface area contributed by atoms with Gasteiger partial charge in [-0.25, -0.2) is 22.2 Å². The third kappa shape index (κ3) is 4.52. The van der Waals surface area contributed by atoms with Crippen LogP contribution < -0.4 is 5.56 Å². The molecule has 0 aliphatic heterocycles. The molecule has 196 valence electrons. The molecule has 0 amide bonds. The number of sulfone groups is 1. The van der Waals surface area contributed by atoms with Gasteiger partial charge in [-0.15, -0.1) is 0 Å². The molecule has 0 spiro atoms. The summed E-state index contributed by atoms with van der Waals surface area (Å²) in [4.78, 5) is 21.3. The SMILES string of the molecule is Cc1cnc(-c2cccc(S(C)(=O)=O)c2F)c(F)c1-n1c(C)cc([C@H]2C[C@@H]2c2cccc(Cl)n2)c(Cl)c1=O. The maximum atomic E-state index is 16.0. The van der Waals surface area contributed by atoms with Crippen LogP contribution >= 0.6 is 23.2 Å². The van der Waals surface area contributed by atoms with Gasteiger partial charge in [0.1, 0.15) is 20.8 Å². The molecule has 0 N–H and O–H groups in total. The normalized spacial score (nSPS) is 17.0. The Balaban J connectivity index is 1.62. The minimum atomic E-state index is -3.91. The van der Waals surface area contributed by atoms with Gasteiger partial charge in [0.25, 0.3) is 5.56 Å². The van der Waals surface area contributed by atoms with Gasteiger partial charge in [-0.05, 0) is 67.6 Å². The third-order valence-electron chi connectivity index (χ3n) is 6.69. The minimum absolute atomic E-state index is 0.0405. The lowest BCUT2D eigenvalue weighted by Gasteiger charge is -2.18. The second kappa shape index (κ2) is 9.55. The molecular formula is C27H21Cl2F2N3O3S. The lowest BCUT2D eigenvalue weighted by molar-refractivity contribution is 0.569. The van der Waals surface area contributed by atoms with Gasteiger partial charge in [0.05, 0.1) is 5.69 Å². The Morgan fingerprint density at radius 1 is 1.03 bits per heavy atom. The number of aromatic nitrogens is 3. The van der Waals surface area contributed by atoms with Crippen molar-refractivity contribution in [3.05, 3.63) is 103 Å². The van der Waals surface area contributed by atoms with E-state index in [2.05, 4.69) is 9.97 Å². The molecule has 0 bridgehead atoms. The first-order valence-electron chi connectivity index (χ1n) is 11.6. The summed E-state index contributed by atoms with van der Waals surface area (Å²) < 4.78 is 56.3. The monoisotopic (exact) mass is 575 g/mol. The van der Waals surface area contributed by atoms with E-state index in [0.717, 1.165) is 29.0 Å². The van der Waals surface area contributed by atoms with Crippen molar-refractivity contribution in [3.8, 4) is 16.9 Å². The molecule has 0 saturated heterocycles. The average Bonchev–Trinajstić information content (AvgIpc) is 3.64. The first-order chi connectivity index (χ1) is 17.9. The highest BCUT2D eigenvalue weighted by atomic mass is 35.5. The number of rotatable bonds is 5. The van der Waals surface area contributed by atoms with E-state index in [1.165, 1.54) is 18.3 Å². The van der Waals surface area contributed by atoms with Crippen LogP contribution in [0.15, 0.2) is 58.4 Å². The summed E-state index contributed by atoms with van der Waals surface area (Å²) in [5, 5.41) is 0.330. The molecule has 0 radical (unpaired) electrons. The van der Waals surface area contributed by atoms with E-state index in [0.29, 0.717) is 22.0 Å². The lowest BCUT2D eigenvalue weighted by atomic mass is 10.1. The van der Waals surface area contributed by atoms with Crippen LogP contribution in [-0.4, -0.2) is 29.2 Å². The van der Waals surface area contributed by atoms with Crippen LogP contribution in [0.1, 0.15) is 40.8 Å². The Bertz CT molecular complexity index is 1790. The molecule has 3 heterocycles. The topological polar surface area (TPSA) is 81.9 Å². The van der Waals surface area contributed by atoms with Gasteiger partial charge in [-0.1, -0.05) is 35.3 Å². The number of halogens is 4. The smallest absolute Gasteiger partial charge is 0.274 e. The summed E-state index contributed by atoms with van der Waals surface area (Å²) in [6.07, 6.45) is 2.90. The fourth-order valence-electron chi connectivity index (χ4n) is 4.79. The van der Waals surface area contributed by atoms with Crippen LogP contribution in [0.3, 0.4) is 0 Å². The second-order valence-electron chi connectivity index (χ2n) is 9.37. The predicted octanol–water partition coefficient (Wildman–Crippen LogP) is 6.17. The molecule has 11 heteroatoms. The molecule has 1 aliphatic carbocycles. The molecule has 5 rings (SSSR count). The molecule has 3 aromatic heterocycles. The summed E-state index contributed by atoms with van der Waals surface area (Å²) in [5.74, 6) is -2.09. The van der Waals surface area contributed by atoms with Crippen LogP contribution in [0.25, 0.3) is 16.9 Å². The maximum Gasteiger partial charge on any atom is 0.274 e. The Kier molecular flexibility index (Phi) is 6.65. The van der Waals surface area contributed by atoms with Crippen LogP contribution in [-0.2, 0) is 9.84 Å². The highest BCUT2D eigenvalue weighted by Gasteiger charge is 2.42. The van der Waals surface area contributed by atoms with E-state index in [1.807, 2.05) is 12.1 Å². The van der Waals surface area contributed by atoms with E-state index >= 15 is 8.78 Å². The van der Waals surface area contributed by atoms with Crippen molar-refractivity contribution in [3.63, 3.8) is 0 Å². The van der Waals surface area contributed by atoms with Gasteiger partial charge < -0.3 is 0 Å². The first kappa shape index (κ1) is 26.5. The van der Waals surface area contributed by atoms with Crippen molar-refractivity contribution in [1.29, 1.82) is 0 Å². The Hall–Kier alpha value is -3.14. The second-order valence-corrected chi connectivity index (χ2v) is 12.1. The number of aryl methyl sites for hydroxylation is 2. The Morgan fingerprint density at radius 2 is 1.74 bits per heavy atom. The summed E-state index contributed by atoms with van der Waals surface area (Å²) in [7, 11) is -3.91. The molecule has 1 aliphatic rings. The fraction of sp³-hybridized carbons (Fsp3) is 0.222. The molecule has 2 atom stereocenters. The summed E-state index contributed by atoms with van der Waals surface area (Å²) >= 11 is 12.6. The summed E-state index contributed by atoms with van der Waals surface area (Å²) in [5.41, 5.74) is 0.644.